The Kier molecular flexibility index (Phi) is 6.18. The third kappa shape index (κ3) is 4.85. The van der Waals surface area contributed by atoms with Crippen LogP contribution in [0.1, 0.15) is 16.8 Å². The summed E-state index contributed by atoms with van der Waals surface area (Å²) in [6.45, 7) is 0.758. The molecule has 0 radical (unpaired) electrons. The lowest BCUT2D eigenvalue weighted by Gasteiger charge is -2.08. The number of amides is 1. The van der Waals surface area contributed by atoms with Crippen LogP contribution in [0.3, 0.4) is 0 Å². The molecule has 7 nitrogen and oxygen atoms in total. The second-order valence-electron chi connectivity index (χ2n) is 5.33. The molecule has 0 fully saturated rings. The van der Waals surface area contributed by atoms with Crippen molar-refractivity contribution in [2.75, 3.05) is 13.2 Å². The first kappa shape index (κ1) is 18.1. The largest absolute Gasteiger partial charge is 0.481 e. The number of hydrogen-bond donors (Lipinski definition) is 1. The van der Waals surface area contributed by atoms with Gasteiger partial charge in [-0.05, 0) is 30.7 Å². The average molecular weight is 341 g/mol. The van der Waals surface area contributed by atoms with Crippen molar-refractivity contribution >= 4 is 5.91 Å². The zero-order valence-electron chi connectivity index (χ0n) is 13.9. The summed E-state index contributed by atoms with van der Waals surface area (Å²) in [6.07, 6.45) is 7.01. The van der Waals surface area contributed by atoms with Crippen LogP contribution in [0.5, 0.6) is 5.75 Å². The molecule has 0 spiro atoms. The van der Waals surface area contributed by atoms with E-state index in [1.54, 1.807) is 31.3 Å². The number of benzene rings is 1. The van der Waals surface area contributed by atoms with E-state index in [0.717, 1.165) is 4.57 Å². The number of hydrogen-bond acceptors (Lipinski definition) is 4. The van der Waals surface area contributed by atoms with Crippen LogP contribution in [0.15, 0.2) is 46.1 Å². The van der Waals surface area contributed by atoms with E-state index < -0.39 is 0 Å². The van der Waals surface area contributed by atoms with E-state index in [0.29, 0.717) is 24.3 Å². The van der Waals surface area contributed by atoms with Gasteiger partial charge in [-0.3, -0.25) is 14.2 Å². The summed E-state index contributed by atoms with van der Waals surface area (Å²) in [4.78, 5) is 35.6. The van der Waals surface area contributed by atoms with Crippen LogP contribution in [0.25, 0.3) is 0 Å². The predicted molar refractivity (Wildman–Crippen MR) is 93.7 cm³/mol. The third-order valence-electron chi connectivity index (χ3n) is 3.52. The Morgan fingerprint density at radius 3 is 2.64 bits per heavy atom. The lowest BCUT2D eigenvalue weighted by Crippen LogP contribution is -2.38. The number of nitrogens with zero attached hydrogens (tertiary/aromatic N) is 2. The Morgan fingerprint density at radius 1 is 1.24 bits per heavy atom. The maximum Gasteiger partial charge on any atom is 0.330 e. The number of nitrogens with one attached hydrogen (secondary N) is 1. The van der Waals surface area contributed by atoms with Crippen LogP contribution in [0, 0.1) is 12.3 Å². The first-order valence-electron chi connectivity index (χ1n) is 7.74. The number of carbonyl (C=O) groups excluding carboxylic acids is 1. The molecular formula is C18H19N3O4. The van der Waals surface area contributed by atoms with Crippen LogP contribution >= 0.6 is 0 Å². The van der Waals surface area contributed by atoms with Crippen molar-refractivity contribution in [1.29, 1.82) is 0 Å². The minimum atomic E-state index is -0.374. The van der Waals surface area contributed by atoms with Crippen molar-refractivity contribution in [3.05, 3.63) is 62.9 Å². The number of terminal acetylenes is 1. The number of rotatable bonds is 7. The zero-order chi connectivity index (χ0) is 18.2. The fraction of sp³-hybridized carbons (Fsp3) is 0.278. The summed E-state index contributed by atoms with van der Waals surface area (Å²) >= 11 is 0. The fourth-order valence-corrected chi connectivity index (χ4v) is 2.19. The number of aryl methyl sites for hydroxylation is 1. The topological polar surface area (TPSA) is 82.3 Å². The highest BCUT2D eigenvalue weighted by molar-refractivity contribution is 5.94. The second-order valence-corrected chi connectivity index (χ2v) is 5.33. The number of carbonyl (C=O) groups is 1. The first-order chi connectivity index (χ1) is 12.0. The maximum atomic E-state index is 12.1. The van der Waals surface area contributed by atoms with E-state index in [9.17, 15) is 14.4 Å². The van der Waals surface area contributed by atoms with E-state index in [2.05, 4.69) is 11.2 Å². The molecule has 1 N–H and O–H groups in total. The molecule has 2 rings (SSSR count). The van der Waals surface area contributed by atoms with E-state index in [1.807, 2.05) is 0 Å². The molecule has 2 aromatic rings. The smallest absolute Gasteiger partial charge is 0.330 e. The Bertz CT molecular complexity index is 888. The molecule has 0 bridgehead atoms. The molecule has 7 heteroatoms. The molecule has 0 aliphatic heterocycles. The van der Waals surface area contributed by atoms with Gasteiger partial charge in [0.15, 0.2) is 0 Å². The summed E-state index contributed by atoms with van der Waals surface area (Å²) in [5, 5.41) is 2.75. The Balaban J connectivity index is 1.85. The van der Waals surface area contributed by atoms with E-state index >= 15 is 0 Å². The van der Waals surface area contributed by atoms with Crippen LogP contribution in [-0.4, -0.2) is 28.2 Å². The van der Waals surface area contributed by atoms with E-state index in [4.69, 9.17) is 11.2 Å². The maximum absolute atomic E-state index is 12.1. The normalized spacial score (nSPS) is 10.1. The summed E-state index contributed by atoms with van der Waals surface area (Å²) in [5.74, 6) is 2.72. The van der Waals surface area contributed by atoms with Gasteiger partial charge in [0.25, 0.3) is 11.5 Å². The predicted octanol–water partition coefficient (Wildman–Crippen LogP) is 0.379. The highest BCUT2D eigenvalue weighted by atomic mass is 16.5. The highest BCUT2D eigenvalue weighted by Crippen LogP contribution is 2.11. The van der Waals surface area contributed by atoms with Gasteiger partial charge in [0.1, 0.15) is 12.4 Å². The molecular weight excluding hydrogens is 322 g/mol. The Labute approximate surface area is 144 Å². The Hall–Kier alpha value is -3.27. The molecule has 0 aliphatic carbocycles. The third-order valence-corrected chi connectivity index (χ3v) is 3.52. The van der Waals surface area contributed by atoms with Gasteiger partial charge in [-0.1, -0.05) is 5.92 Å². The molecule has 1 heterocycles. The fourth-order valence-electron chi connectivity index (χ4n) is 2.19. The van der Waals surface area contributed by atoms with Crippen molar-refractivity contribution < 1.29 is 9.53 Å². The van der Waals surface area contributed by atoms with Gasteiger partial charge in [-0.15, -0.1) is 6.42 Å². The van der Waals surface area contributed by atoms with Crippen LogP contribution in [0.4, 0.5) is 0 Å². The van der Waals surface area contributed by atoms with Crippen LogP contribution in [-0.2, 0) is 13.6 Å². The van der Waals surface area contributed by atoms with Crippen molar-refractivity contribution in [2.24, 2.45) is 7.05 Å². The molecule has 25 heavy (non-hydrogen) atoms. The molecule has 1 amide bonds. The summed E-state index contributed by atoms with van der Waals surface area (Å²) < 4.78 is 7.72. The monoisotopic (exact) mass is 341 g/mol. The highest BCUT2D eigenvalue weighted by Gasteiger charge is 2.06. The van der Waals surface area contributed by atoms with Gasteiger partial charge >= 0.3 is 5.69 Å². The molecule has 130 valence electrons. The minimum Gasteiger partial charge on any atom is -0.481 e. The SMILES string of the molecule is C#CCOc1ccc(C(=O)NCCCn2c(=O)ccn(C)c2=O)cc1. The molecule has 1 aromatic heterocycles. The summed E-state index contributed by atoms with van der Waals surface area (Å²) in [7, 11) is 1.58. The van der Waals surface area contributed by atoms with Crippen LogP contribution < -0.4 is 21.3 Å². The van der Waals surface area contributed by atoms with Crippen molar-refractivity contribution in [2.45, 2.75) is 13.0 Å². The van der Waals surface area contributed by atoms with Crippen molar-refractivity contribution in [3.63, 3.8) is 0 Å². The number of ether oxygens (including phenoxy) is 1. The molecule has 1 aromatic carbocycles. The molecule has 0 aliphatic rings. The lowest BCUT2D eigenvalue weighted by atomic mass is 10.2. The molecule has 0 unspecified atom stereocenters. The molecule has 0 saturated heterocycles. The van der Waals surface area contributed by atoms with Gasteiger partial charge in [0.2, 0.25) is 0 Å². The van der Waals surface area contributed by atoms with E-state index in [-0.39, 0.29) is 30.3 Å². The van der Waals surface area contributed by atoms with Gasteiger partial charge in [0.05, 0.1) is 0 Å². The quantitative estimate of drug-likeness (QED) is 0.583. The minimum absolute atomic E-state index is 0.170. The van der Waals surface area contributed by atoms with Gasteiger partial charge < -0.3 is 14.6 Å². The van der Waals surface area contributed by atoms with Crippen molar-refractivity contribution in [3.8, 4) is 18.1 Å². The van der Waals surface area contributed by atoms with Gasteiger partial charge in [-0.2, -0.15) is 0 Å². The van der Waals surface area contributed by atoms with Crippen molar-refractivity contribution in [1.82, 2.24) is 14.5 Å². The Morgan fingerprint density at radius 2 is 1.96 bits per heavy atom. The van der Waals surface area contributed by atoms with Gasteiger partial charge in [-0.25, -0.2) is 4.79 Å². The standard InChI is InChI=1S/C18H19N3O4/c1-3-13-25-15-7-5-14(6-8-15)17(23)19-10-4-11-21-16(22)9-12-20(2)18(21)24/h1,5-9,12H,4,10-11,13H2,2H3,(H,19,23). The summed E-state index contributed by atoms with van der Waals surface area (Å²) in [5.41, 5.74) is -0.237. The summed E-state index contributed by atoms with van der Waals surface area (Å²) in [6, 6.07) is 7.94. The number of aromatic nitrogens is 2. The lowest BCUT2D eigenvalue weighted by molar-refractivity contribution is 0.0952. The van der Waals surface area contributed by atoms with Gasteiger partial charge in [0, 0.05) is 38.0 Å². The average Bonchev–Trinajstić information content (AvgIpc) is 2.62. The van der Waals surface area contributed by atoms with Crippen LogP contribution in [0.2, 0.25) is 0 Å². The molecule has 0 saturated carbocycles. The van der Waals surface area contributed by atoms with E-state index in [1.165, 1.54) is 16.8 Å². The molecule has 0 atom stereocenters. The first-order valence-corrected chi connectivity index (χ1v) is 7.74. The zero-order valence-corrected chi connectivity index (χ0v) is 13.9. The second kappa shape index (κ2) is 8.55.